The van der Waals surface area contributed by atoms with Crippen molar-refractivity contribution < 1.29 is 18.3 Å². The first kappa shape index (κ1) is 14.2. The van der Waals surface area contributed by atoms with E-state index in [4.69, 9.17) is 16.3 Å². The van der Waals surface area contributed by atoms with Crippen LogP contribution in [0.15, 0.2) is 12.1 Å². The molecular weight excluding hydrogens is 276 g/mol. The van der Waals surface area contributed by atoms with Crippen molar-refractivity contribution in [1.29, 1.82) is 0 Å². The number of rotatable bonds is 1. The van der Waals surface area contributed by atoms with Gasteiger partial charge < -0.3 is 9.64 Å². The van der Waals surface area contributed by atoms with Gasteiger partial charge in [-0.25, -0.2) is 8.78 Å². The van der Waals surface area contributed by atoms with Crippen molar-refractivity contribution in [3.05, 3.63) is 34.4 Å². The summed E-state index contributed by atoms with van der Waals surface area (Å²) in [6.45, 7) is 4.50. The van der Waals surface area contributed by atoms with Crippen molar-refractivity contribution in [2.75, 3.05) is 13.1 Å². The van der Waals surface area contributed by atoms with Gasteiger partial charge in [-0.2, -0.15) is 0 Å². The topological polar surface area (TPSA) is 29.5 Å². The van der Waals surface area contributed by atoms with E-state index in [2.05, 4.69) is 0 Å². The minimum Gasteiger partial charge on any atom is -0.372 e. The highest BCUT2D eigenvalue weighted by Crippen LogP contribution is 2.23. The van der Waals surface area contributed by atoms with Gasteiger partial charge in [-0.1, -0.05) is 11.6 Å². The van der Waals surface area contributed by atoms with Crippen LogP contribution in [0.1, 0.15) is 24.2 Å². The standard InChI is InChI=1S/C13H14ClF2NO2/c1-7-5-17(6-8(2)19-7)13(18)9-3-11(15)12(16)4-10(9)14/h3-4,7-8H,5-6H2,1-2H3/t7-,8+. The number of halogens is 3. The second-order valence-electron chi connectivity index (χ2n) is 4.71. The fraction of sp³-hybridized carbons (Fsp3) is 0.462. The number of morpholine rings is 1. The van der Waals surface area contributed by atoms with E-state index >= 15 is 0 Å². The molecule has 1 amide bonds. The number of hydrogen-bond acceptors (Lipinski definition) is 2. The van der Waals surface area contributed by atoms with Crippen LogP contribution < -0.4 is 0 Å². The summed E-state index contributed by atoms with van der Waals surface area (Å²) in [6, 6.07) is 1.65. The number of hydrogen-bond donors (Lipinski definition) is 0. The van der Waals surface area contributed by atoms with Crippen LogP contribution in [0.3, 0.4) is 0 Å². The Kier molecular flexibility index (Phi) is 4.06. The molecule has 104 valence electrons. The maximum atomic E-state index is 13.2. The second-order valence-corrected chi connectivity index (χ2v) is 5.12. The molecule has 19 heavy (non-hydrogen) atoms. The van der Waals surface area contributed by atoms with Crippen LogP contribution >= 0.6 is 11.6 Å². The van der Waals surface area contributed by atoms with E-state index in [0.717, 1.165) is 12.1 Å². The normalized spacial score (nSPS) is 23.5. The van der Waals surface area contributed by atoms with Crippen LogP contribution in [0.2, 0.25) is 5.02 Å². The van der Waals surface area contributed by atoms with E-state index in [-0.39, 0.29) is 22.8 Å². The number of nitrogens with zero attached hydrogens (tertiary/aromatic N) is 1. The molecule has 0 N–H and O–H groups in total. The molecule has 0 unspecified atom stereocenters. The predicted molar refractivity (Wildman–Crippen MR) is 67.3 cm³/mol. The zero-order valence-electron chi connectivity index (χ0n) is 10.6. The summed E-state index contributed by atoms with van der Waals surface area (Å²) in [5.74, 6) is -2.56. The maximum absolute atomic E-state index is 13.2. The number of ether oxygens (including phenoxy) is 1. The first-order valence-electron chi connectivity index (χ1n) is 5.97. The predicted octanol–water partition coefficient (Wildman–Crippen LogP) is 2.87. The molecule has 0 radical (unpaired) electrons. The molecule has 1 aromatic carbocycles. The van der Waals surface area contributed by atoms with Crippen molar-refractivity contribution in [2.45, 2.75) is 26.1 Å². The van der Waals surface area contributed by atoms with Gasteiger partial charge in [-0.15, -0.1) is 0 Å². The van der Waals surface area contributed by atoms with Gasteiger partial charge in [-0.05, 0) is 26.0 Å². The molecule has 3 nitrogen and oxygen atoms in total. The Balaban J connectivity index is 2.26. The molecule has 0 aromatic heterocycles. The Morgan fingerprint density at radius 1 is 1.26 bits per heavy atom. The van der Waals surface area contributed by atoms with E-state index in [9.17, 15) is 13.6 Å². The summed E-state index contributed by atoms with van der Waals surface area (Å²) in [5.41, 5.74) is -0.0260. The molecule has 1 heterocycles. The molecular formula is C13H14ClF2NO2. The van der Waals surface area contributed by atoms with Crippen molar-refractivity contribution in [3.63, 3.8) is 0 Å². The van der Waals surface area contributed by atoms with Gasteiger partial charge in [0.25, 0.3) is 5.91 Å². The van der Waals surface area contributed by atoms with Gasteiger partial charge in [0.1, 0.15) is 0 Å². The SMILES string of the molecule is C[C@@H]1CN(C(=O)c2cc(F)c(F)cc2Cl)C[C@H](C)O1. The third-order valence-corrected chi connectivity index (χ3v) is 3.26. The summed E-state index contributed by atoms with van der Waals surface area (Å²) < 4.78 is 31.7. The summed E-state index contributed by atoms with van der Waals surface area (Å²) in [7, 11) is 0. The van der Waals surface area contributed by atoms with Crippen molar-refractivity contribution >= 4 is 17.5 Å². The van der Waals surface area contributed by atoms with Crippen LogP contribution in [-0.4, -0.2) is 36.1 Å². The Morgan fingerprint density at radius 2 is 1.79 bits per heavy atom. The lowest BCUT2D eigenvalue weighted by atomic mass is 10.1. The number of benzene rings is 1. The molecule has 0 bridgehead atoms. The van der Waals surface area contributed by atoms with Crippen LogP contribution in [0.4, 0.5) is 8.78 Å². The summed E-state index contributed by atoms with van der Waals surface area (Å²) in [5, 5.41) is -0.0873. The Labute approximate surface area is 115 Å². The van der Waals surface area contributed by atoms with Gasteiger partial charge in [0.05, 0.1) is 22.8 Å². The van der Waals surface area contributed by atoms with Crippen LogP contribution in [0.25, 0.3) is 0 Å². The van der Waals surface area contributed by atoms with Crippen LogP contribution in [-0.2, 0) is 4.74 Å². The van der Waals surface area contributed by atoms with Gasteiger partial charge in [-0.3, -0.25) is 4.79 Å². The van der Waals surface area contributed by atoms with Gasteiger partial charge >= 0.3 is 0 Å². The minimum atomic E-state index is -1.08. The summed E-state index contributed by atoms with van der Waals surface area (Å²) in [6.07, 6.45) is -0.200. The van der Waals surface area contributed by atoms with Crippen molar-refractivity contribution in [2.24, 2.45) is 0 Å². The Morgan fingerprint density at radius 3 is 2.37 bits per heavy atom. The lowest BCUT2D eigenvalue weighted by Crippen LogP contribution is -2.48. The highest BCUT2D eigenvalue weighted by atomic mass is 35.5. The molecule has 6 heteroatoms. The number of carbonyl (C=O) groups excluding carboxylic acids is 1. The largest absolute Gasteiger partial charge is 0.372 e. The zero-order valence-corrected chi connectivity index (χ0v) is 11.4. The number of carbonyl (C=O) groups is 1. The highest BCUT2D eigenvalue weighted by Gasteiger charge is 2.28. The highest BCUT2D eigenvalue weighted by molar-refractivity contribution is 6.33. The van der Waals surface area contributed by atoms with Crippen LogP contribution in [0.5, 0.6) is 0 Å². The zero-order chi connectivity index (χ0) is 14.2. The molecule has 0 spiro atoms. The van der Waals surface area contributed by atoms with Gasteiger partial charge in [0.2, 0.25) is 0 Å². The van der Waals surface area contributed by atoms with E-state index in [1.807, 2.05) is 13.8 Å². The van der Waals surface area contributed by atoms with Crippen LogP contribution in [0, 0.1) is 11.6 Å². The van der Waals surface area contributed by atoms with E-state index < -0.39 is 17.5 Å². The molecule has 1 aliphatic heterocycles. The third-order valence-electron chi connectivity index (χ3n) is 2.95. The first-order chi connectivity index (χ1) is 8.88. The van der Waals surface area contributed by atoms with Crippen molar-refractivity contribution in [3.8, 4) is 0 Å². The molecule has 2 atom stereocenters. The van der Waals surface area contributed by atoms with Crippen molar-refractivity contribution in [1.82, 2.24) is 4.90 Å². The monoisotopic (exact) mass is 289 g/mol. The Bertz CT molecular complexity index is 500. The van der Waals surface area contributed by atoms with E-state index in [1.165, 1.54) is 4.90 Å². The molecule has 1 fully saturated rings. The third kappa shape index (κ3) is 3.04. The minimum absolute atomic E-state index is 0.0260. The average molecular weight is 290 g/mol. The Hall–Kier alpha value is -1.20. The van der Waals surface area contributed by atoms with E-state index in [0.29, 0.717) is 13.1 Å². The van der Waals surface area contributed by atoms with Gasteiger partial charge in [0, 0.05) is 13.1 Å². The number of amides is 1. The lowest BCUT2D eigenvalue weighted by Gasteiger charge is -2.35. The first-order valence-corrected chi connectivity index (χ1v) is 6.35. The smallest absolute Gasteiger partial charge is 0.255 e. The summed E-state index contributed by atoms with van der Waals surface area (Å²) in [4.78, 5) is 13.8. The maximum Gasteiger partial charge on any atom is 0.255 e. The molecule has 1 aromatic rings. The molecule has 0 saturated carbocycles. The molecule has 0 aliphatic carbocycles. The molecule has 1 saturated heterocycles. The summed E-state index contributed by atoms with van der Waals surface area (Å²) >= 11 is 5.80. The molecule has 1 aliphatic rings. The quantitative estimate of drug-likeness (QED) is 0.744. The second kappa shape index (κ2) is 5.43. The van der Waals surface area contributed by atoms with Gasteiger partial charge in [0.15, 0.2) is 11.6 Å². The fourth-order valence-electron chi connectivity index (χ4n) is 2.20. The lowest BCUT2D eigenvalue weighted by molar-refractivity contribution is -0.0586. The molecule has 2 rings (SSSR count). The fourth-order valence-corrected chi connectivity index (χ4v) is 2.43. The average Bonchev–Trinajstić information content (AvgIpc) is 2.31. The van der Waals surface area contributed by atoms with E-state index in [1.54, 1.807) is 0 Å².